The van der Waals surface area contributed by atoms with Gasteiger partial charge >= 0.3 is 5.97 Å². The molecule has 0 heterocycles. The SMILES string of the molecule is CCCN(CCCOCC)CC(=O)OC. The number of nitrogens with zero attached hydrogens (tertiary/aromatic N) is 1. The van der Waals surface area contributed by atoms with E-state index in [1.807, 2.05) is 6.92 Å². The summed E-state index contributed by atoms with van der Waals surface area (Å²) < 4.78 is 9.89. The predicted octanol–water partition coefficient (Wildman–Crippen LogP) is 1.30. The van der Waals surface area contributed by atoms with E-state index < -0.39 is 0 Å². The largest absolute Gasteiger partial charge is 0.468 e. The lowest BCUT2D eigenvalue weighted by Gasteiger charge is -2.19. The fourth-order valence-electron chi connectivity index (χ4n) is 1.37. The molecular formula is C11H23NO3. The molecule has 4 heteroatoms. The monoisotopic (exact) mass is 217 g/mol. The zero-order valence-corrected chi connectivity index (χ0v) is 10.1. The minimum atomic E-state index is -0.167. The maximum absolute atomic E-state index is 11.1. The Labute approximate surface area is 92.5 Å². The van der Waals surface area contributed by atoms with Crippen molar-refractivity contribution in [2.24, 2.45) is 0 Å². The van der Waals surface area contributed by atoms with Crippen LogP contribution in [0.2, 0.25) is 0 Å². The summed E-state index contributed by atoms with van der Waals surface area (Å²) in [7, 11) is 1.42. The molecule has 15 heavy (non-hydrogen) atoms. The number of hydrogen-bond acceptors (Lipinski definition) is 4. The Hall–Kier alpha value is -0.610. The minimum Gasteiger partial charge on any atom is -0.468 e. The van der Waals surface area contributed by atoms with E-state index in [-0.39, 0.29) is 5.97 Å². The summed E-state index contributed by atoms with van der Waals surface area (Å²) in [5.74, 6) is -0.167. The van der Waals surface area contributed by atoms with Crippen molar-refractivity contribution in [3.05, 3.63) is 0 Å². The lowest BCUT2D eigenvalue weighted by atomic mass is 10.3. The Morgan fingerprint density at radius 3 is 2.53 bits per heavy atom. The normalized spacial score (nSPS) is 10.7. The van der Waals surface area contributed by atoms with Crippen molar-refractivity contribution in [1.82, 2.24) is 4.90 Å². The lowest BCUT2D eigenvalue weighted by molar-refractivity contribution is -0.142. The molecule has 90 valence electrons. The van der Waals surface area contributed by atoms with Crippen molar-refractivity contribution in [3.8, 4) is 0 Å². The molecule has 0 saturated carbocycles. The molecule has 0 aromatic carbocycles. The maximum atomic E-state index is 11.1. The summed E-state index contributed by atoms with van der Waals surface area (Å²) in [5, 5.41) is 0. The lowest BCUT2D eigenvalue weighted by Crippen LogP contribution is -2.32. The Morgan fingerprint density at radius 2 is 2.00 bits per heavy atom. The topological polar surface area (TPSA) is 38.8 Å². The number of hydrogen-bond donors (Lipinski definition) is 0. The molecule has 0 N–H and O–H groups in total. The molecule has 0 rings (SSSR count). The van der Waals surface area contributed by atoms with Gasteiger partial charge in [0.1, 0.15) is 0 Å². The van der Waals surface area contributed by atoms with Gasteiger partial charge in [0.2, 0.25) is 0 Å². The highest BCUT2D eigenvalue weighted by Gasteiger charge is 2.09. The molecule has 0 aliphatic rings. The van der Waals surface area contributed by atoms with Crippen molar-refractivity contribution in [3.63, 3.8) is 0 Å². The molecule has 4 nitrogen and oxygen atoms in total. The third-order valence-electron chi connectivity index (χ3n) is 2.09. The van der Waals surface area contributed by atoms with Gasteiger partial charge in [-0.05, 0) is 26.3 Å². The van der Waals surface area contributed by atoms with Crippen LogP contribution in [0.4, 0.5) is 0 Å². The molecule has 0 aliphatic heterocycles. The average Bonchev–Trinajstić information content (AvgIpc) is 2.24. The number of rotatable bonds is 9. The summed E-state index contributed by atoms with van der Waals surface area (Å²) in [6, 6.07) is 0. The van der Waals surface area contributed by atoms with Gasteiger partial charge in [0.05, 0.1) is 13.7 Å². The fraction of sp³-hybridized carbons (Fsp3) is 0.909. The summed E-state index contributed by atoms with van der Waals surface area (Å²) in [6.45, 7) is 7.81. The Bertz CT molecular complexity index is 162. The second-order valence-electron chi connectivity index (χ2n) is 3.40. The first kappa shape index (κ1) is 14.4. The zero-order chi connectivity index (χ0) is 11.5. The summed E-state index contributed by atoms with van der Waals surface area (Å²) in [4.78, 5) is 13.2. The Kier molecular flexibility index (Phi) is 9.52. The predicted molar refractivity (Wildman–Crippen MR) is 59.9 cm³/mol. The fourth-order valence-corrected chi connectivity index (χ4v) is 1.37. The van der Waals surface area contributed by atoms with Crippen LogP contribution >= 0.6 is 0 Å². The van der Waals surface area contributed by atoms with Gasteiger partial charge in [0.25, 0.3) is 0 Å². The smallest absolute Gasteiger partial charge is 0.319 e. The summed E-state index contributed by atoms with van der Waals surface area (Å²) in [5.41, 5.74) is 0. The van der Waals surface area contributed by atoms with E-state index in [9.17, 15) is 4.79 Å². The number of ether oxygens (including phenoxy) is 2. The molecule has 0 amide bonds. The van der Waals surface area contributed by atoms with Gasteiger partial charge in [-0.1, -0.05) is 6.92 Å². The highest BCUT2D eigenvalue weighted by Crippen LogP contribution is 1.95. The van der Waals surface area contributed by atoms with Crippen LogP contribution in [-0.2, 0) is 14.3 Å². The molecule has 0 aromatic heterocycles. The number of esters is 1. The Balaban J connectivity index is 3.67. The third kappa shape index (κ3) is 8.39. The van der Waals surface area contributed by atoms with E-state index in [0.29, 0.717) is 6.54 Å². The van der Waals surface area contributed by atoms with Crippen LogP contribution in [0.15, 0.2) is 0 Å². The third-order valence-corrected chi connectivity index (χ3v) is 2.09. The van der Waals surface area contributed by atoms with Gasteiger partial charge in [-0.15, -0.1) is 0 Å². The van der Waals surface area contributed by atoms with Crippen LogP contribution in [0.25, 0.3) is 0 Å². The number of carbonyl (C=O) groups excluding carboxylic acids is 1. The molecule has 0 aliphatic carbocycles. The van der Waals surface area contributed by atoms with Crippen LogP contribution in [-0.4, -0.2) is 50.8 Å². The molecule has 0 spiro atoms. The van der Waals surface area contributed by atoms with Crippen LogP contribution < -0.4 is 0 Å². The van der Waals surface area contributed by atoms with E-state index in [1.54, 1.807) is 0 Å². The number of methoxy groups -OCH3 is 1. The van der Waals surface area contributed by atoms with Crippen LogP contribution in [0.1, 0.15) is 26.7 Å². The van der Waals surface area contributed by atoms with Gasteiger partial charge in [0, 0.05) is 19.8 Å². The zero-order valence-electron chi connectivity index (χ0n) is 10.1. The standard InChI is InChI=1S/C11H23NO3/c1-4-7-12(10-11(13)14-3)8-6-9-15-5-2/h4-10H2,1-3H3. The second kappa shape index (κ2) is 9.93. The molecule has 0 aromatic rings. The molecule has 0 bridgehead atoms. The van der Waals surface area contributed by atoms with Crippen molar-refractivity contribution in [1.29, 1.82) is 0 Å². The van der Waals surface area contributed by atoms with E-state index in [2.05, 4.69) is 16.6 Å². The van der Waals surface area contributed by atoms with Crippen LogP contribution in [0, 0.1) is 0 Å². The summed E-state index contributed by atoms with van der Waals surface area (Å²) in [6.07, 6.45) is 2.01. The van der Waals surface area contributed by atoms with E-state index in [1.165, 1.54) is 7.11 Å². The van der Waals surface area contributed by atoms with Gasteiger partial charge in [-0.3, -0.25) is 9.69 Å². The van der Waals surface area contributed by atoms with E-state index in [4.69, 9.17) is 4.74 Å². The van der Waals surface area contributed by atoms with Gasteiger partial charge < -0.3 is 9.47 Å². The highest BCUT2D eigenvalue weighted by atomic mass is 16.5. The number of carbonyl (C=O) groups is 1. The van der Waals surface area contributed by atoms with Crippen LogP contribution in [0.5, 0.6) is 0 Å². The summed E-state index contributed by atoms with van der Waals surface area (Å²) >= 11 is 0. The molecule has 0 atom stereocenters. The van der Waals surface area contributed by atoms with Crippen molar-refractivity contribution < 1.29 is 14.3 Å². The molecule has 0 radical (unpaired) electrons. The molecule has 0 unspecified atom stereocenters. The molecule has 0 fully saturated rings. The van der Waals surface area contributed by atoms with Gasteiger partial charge in [-0.2, -0.15) is 0 Å². The maximum Gasteiger partial charge on any atom is 0.319 e. The highest BCUT2D eigenvalue weighted by molar-refractivity contribution is 5.71. The van der Waals surface area contributed by atoms with Crippen molar-refractivity contribution in [2.45, 2.75) is 26.7 Å². The Morgan fingerprint density at radius 1 is 1.27 bits per heavy atom. The van der Waals surface area contributed by atoms with Crippen molar-refractivity contribution in [2.75, 3.05) is 40.0 Å². The average molecular weight is 217 g/mol. The minimum absolute atomic E-state index is 0.167. The van der Waals surface area contributed by atoms with Crippen molar-refractivity contribution >= 4 is 5.97 Å². The second-order valence-corrected chi connectivity index (χ2v) is 3.40. The molecule has 0 saturated heterocycles. The first-order valence-electron chi connectivity index (χ1n) is 5.61. The molecular weight excluding hydrogens is 194 g/mol. The van der Waals surface area contributed by atoms with Gasteiger partial charge in [-0.25, -0.2) is 0 Å². The quantitative estimate of drug-likeness (QED) is 0.431. The first-order chi connectivity index (χ1) is 7.24. The van der Waals surface area contributed by atoms with Gasteiger partial charge in [0.15, 0.2) is 0 Å². The first-order valence-corrected chi connectivity index (χ1v) is 5.61. The van der Waals surface area contributed by atoms with E-state index >= 15 is 0 Å². The van der Waals surface area contributed by atoms with Crippen LogP contribution in [0.3, 0.4) is 0 Å². The van der Waals surface area contributed by atoms with E-state index in [0.717, 1.165) is 39.1 Å².